The Bertz CT molecular complexity index is 349. The Morgan fingerprint density at radius 2 is 1.88 bits per heavy atom. The standard InChI is InChI=1S/C14H21FN2/c1-14(16)8-6-13(7-9-14)17-10-11-2-4-12(15)5-3-11/h2-5,13,17H,6-10,16H2,1H3. The minimum Gasteiger partial charge on any atom is -0.325 e. The highest BCUT2D eigenvalue weighted by Gasteiger charge is 2.26. The van der Waals surface area contributed by atoms with Crippen molar-refractivity contribution < 1.29 is 4.39 Å². The molecule has 0 saturated heterocycles. The van der Waals surface area contributed by atoms with Crippen LogP contribution in [-0.4, -0.2) is 11.6 Å². The van der Waals surface area contributed by atoms with Gasteiger partial charge in [0, 0.05) is 18.1 Å². The second kappa shape index (κ2) is 5.15. The highest BCUT2D eigenvalue weighted by Crippen LogP contribution is 2.25. The molecule has 1 aliphatic rings. The van der Waals surface area contributed by atoms with Gasteiger partial charge in [-0.2, -0.15) is 0 Å². The molecule has 1 aromatic rings. The summed E-state index contributed by atoms with van der Waals surface area (Å²) < 4.78 is 12.7. The smallest absolute Gasteiger partial charge is 0.123 e. The highest BCUT2D eigenvalue weighted by atomic mass is 19.1. The summed E-state index contributed by atoms with van der Waals surface area (Å²) in [7, 11) is 0. The van der Waals surface area contributed by atoms with Crippen LogP contribution in [0.5, 0.6) is 0 Å². The van der Waals surface area contributed by atoms with Crippen molar-refractivity contribution in [2.24, 2.45) is 5.73 Å². The summed E-state index contributed by atoms with van der Waals surface area (Å²) in [4.78, 5) is 0. The van der Waals surface area contributed by atoms with Gasteiger partial charge in [0.15, 0.2) is 0 Å². The number of hydrogen-bond acceptors (Lipinski definition) is 2. The number of benzene rings is 1. The van der Waals surface area contributed by atoms with Gasteiger partial charge in [0.2, 0.25) is 0 Å². The zero-order valence-corrected chi connectivity index (χ0v) is 10.4. The average Bonchev–Trinajstić information content (AvgIpc) is 2.30. The lowest BCUT2D eigenvalue weighted by molar-refractivity contribution is 0.266. The maximum atomic E-state index is 12.7. The summed E-state index contributed by atoms with van der Waals surface area (Å²) in [6.45, 7) is 2.94. The van der Waals surface area contributed by atoms with Crippen LogP contribution in [0.1, 0.15) is 38.2 Å². The van der Waals surface area contributed by atoms with Crippen LogP contribution in [0.25, 0.3) is 0 Å². The van der Waals surface area contributed by atoms with Gasteiger partial charge in [-0.25, -0.2) is 4.39 Å². The lowest BCUT2D eigenvalue weighted by Gasteiger charge is -2.34. The highest BCUT2D eigenvalue weighted by molar-refractivity contribution is 5.15. The second-order valence-electron chi connectivity index (χ2n) is 5.44. The van der Waals surface area contributed by atoms with E-state index in [0.29, 0.717) is 6.04 Å². The topological polar surface area (TPSA) is 38.0 Å². The quantitative estimate of drug-likeness (QED) is 0.846. The summed E-state index contributed by atoms with van der Waals surface area (Å²) in [6, 6.07) is 7.23. The number of hydrogen-bond donors (Lipinski definition) is 2. The number of halogens is 1. The van der Waals surface area contributed by atoms with Crippen LogP contribution < -0.4 is 11.1 Å². The molecule has 0 radical (unpaired) electrons. The van der Waals surface area contributed by atoms with Gasteiger partial charge in [-0.15, -0.1) is 0 Å². The van der Waals surface area contributed by atoms with Crippen LogP contribution in [-0.2, 0) is 6.54 Å². The Kier molecular flexibility index (Phi) is 3.79. The van der Waals surface area contributed by atoms with E-state index in [-0.39, 0.29) is 11.4 Å². The van der Waals surface area contributed by atoms with Crippen LogP contribution in [0.15, 0.2) is 24.3 Å². The monoisotopic (exact) mass is 236 g/mol. The molecule has 0 unspecified atom stereocenters. The molecular formula is C14H21FN2. The van der Waals surface area contributed by atoms with E-state index in [4.69, 9.17) is 5.73 Å². The molecule has 0 bridgehead atoms. The fraction of sp³-hybridized carbons (Fsp3) is 0.571. The normalized spacial score (nSPS) is 29.2. The van der Waals surface area contributed by atoms with Gasteiger partial charge in [-0.1, -0.05) is 12.1 Å². The fourth-order valence-corrected chi connectivity index (χ4v) is 2.35. The third-order valence-electron chi connectivity index (χ3n) is 3.64. The molecule has 0 atom stereocenters. The summed E-state index contributed by atoms with van der Waals surface area (Å²) in [5.74, 6) is -0.176. The van der Waals surface area contributed by atoms with Crippen molar-refractivity contribution >= 4 is 0 Å². The molecule has 94 valence electrons. The van der Waals surface area contributed by atoms with Crippen LogP contribution in [0.3, 0.4) is 0 Å². The van der Waals surface area contributed by atoms with Gasteiger partial charge in [0.1, 0.15) is 5.82 Å². The molecule has 0 aliphatic heterocycles. The molecule has 1 fully saturated rings. The lowest BCUT2D eigenvalue weighted by Crippen LogP contribution is -2.44. The molecule has 2 rings (SSSR count). The molecular weight excluding hydrogens is 215 g/mol. The Morgan fingerprint density at radius 3 is 2.47 bits per heavy atom. The Balaban J connectivity index is 1.78. The van der Waals surface area contributed by atoms with Crippen molar-refractivity contribution in [1.82, 2.24) is 5.32 Å². The zero-order chi connectivity index (χ0) is 12.3. The van der Waals surface area contributed by atoms with Gasteiger partial charge in [-0.05, 0) is 50.3 Å². The third-order valence-corrected chi connectivity index (χ3v) is 3.64. The minimum atomic E-state index is -0.176. The number of nitrogens with two attached hydrogens (primary N) is 1. The van der Waals surface area contributed by atoms with Crippen LogP contribution in [0.2, 0.25) is 0 Å². The van der Waals surface area contributed by atoms with E-state index in [1.165, 1.54) is 12.1 Å². The molecule has 0 aromatic heterocycles. The third kappa shape index (κ3) is 3.79. The average molecular weight is 236 g/mol. The first-order valence-corrected chi connectivity index (χ1v) is 6.32. The van der Waals surface area contributed by atoms with E-state index in [1.54, 1.807) is 0 Å². The number of nitrogens with one attached hydrogen (secondary N) is 1. The summed E-state index contributed by atoms with van der Waals surface area (Å²) in [5.41, 5.74) is 7.25. The van der Waals surface area contributed by atoms with E-state index in [1.807, 2.05) is 12.1 Å². The largest absolute Gasteiger partial charge is 0.325 e. The molecule has 17 heavy (non-hydrogen) atoms. The van der Waals surface area contributed by atoms with Gasteiger partial charge in [0.05, 0.1) is 0 Å². The molecule has 0 heterocycles. The molecule has 2 nitrogen and oxygen atoms in total. The Hall–Kier alpha value is -0.930. The first kappa shape index (κ1) is 12.5. The number of rotatable bonds is 3. The SMILES string of the molecule is CC1(N)CCC(NCc2ccc(F)cc2)CC1. The van der Waals surface area contributed by atoms with Crippen molar-refractivity contribution in [3.8, 4) is 0 Å². The van der Waals surface area contributed by atoms with Gasteiger partial charge < -0.3 is 11.1 Å². The Morgan fingerprint density at radius 1 is 1.29 bits per heavy atom. The minimum absolute atomic E-state index is 0.0219. The van der Waals surface area contributed by atoms with Crippen molar-refractivity contribution in [3.05, 3.63) is 35.6 Å². The molecule has 0 amide bonds. The van der Waals surface area contributed by atoms with Crippen molar-refractivity contribution in [2.75, 3.05) is 0 Å². The van der Waals surface area contributed by atoms with Gasteiger partial charge in [-0.3, -0.25) is 0 Å². The van der Waals surface area contributed by atoms with E-state index in [0.717, 1.165) is 37.8 Å². The molecule has 1 aromatic carbocycles. The first-order valence-electron chi connectivity index (χ1n) is 6.32. The molecule has 3 N–H and O–H groups in total. The van der Waals surface area contributed by atoms with Gasteiger partial charge >= 0.3 is 0 Å². The fourth-order valence-electron chi connectivity index (χ4n) is 2.35. The Labute approximate surface area is 102 Å². The van der Waals surface area contributed by atoms with Crippen LogP contribution >= 0.6 is 0 Å². The van der Waals surface area contributed by atoms with E-state index < -0.39 is 0 Å². The maximum absolute atomic E-state index is 12.7. The molecule has 3 heteroatoms. The van der Waals surface area contributed by atoms with Crippen molar-refractivity contribution in [3.63, 3.8) is 0 Å². The maximum Gasteiger partial charge on any atom is 0.123 e. The van der Waals surface area contributed by atoms with Crippen LogP contribution in [0.4, 0.5) is 4.39 Å². The summed E-state index contributed by atoms with van der Waals surface area (Å²) >= 11 is 0. The predicted molar refractivity (Wildman–Crippen MR) is 68.1 cm³/mol. The lowest BCUT2D eigenvalue weighted by atomic mass is 9.81. The second-order valence-corrected chi connectivity index (χ2v) is 5.44. The van der Waals surface area contributed by atoms with E-state index >= 15 is 0 Å². The van der Waals surface area contributed by atoms with Crippen LogP contribution in [0, 0.1) is 5.82 Å². The molecule has 0 spiro atoms. The summed E-state index contributed by atoms with van der Waals surface area (Å²) in [6.07, 6.45) is 4.42. The van der Waals surface area contributed by atoms with E-state index in [2.05, 4.69) is 12.2 Å². The molecule has 1 saturated carbocycles. The zero-order valence-electron chi connectivity index (χ0n) is 10.4. The van der Waals surface area contributed by atoms with Crippen molar-refractivity contribution in [1.29, 1.82) is 0 Å². The van der Waals surface area contributed by atoms with E-state index in [9.17, 15) is 4.39 Å². The summed E-state index contributed by atoms with van der Waals surface area (Å²) in [5, 5.41) is 3.52. The van der Waals surface area contributed by atoms with Crippen molar-refractivity contribution in [2.45, 2.75) is 50.7 Å². The first-order chi connectivity index (χ1) is 8.05. The molecule has 1 aliphatic carbocycles. The predicted octanol–water partition coefficient (Wildman–Crippen LogP) is 2.58. The van der Waals surface area contributed by atoms with Gasteiger partial charge in [0.25, 0.3) is 0 Å².